The maximum atomic E-state index is 12.5. The Hall–Kier alpha value is -1.88. The van der Waals surface area contributed by atoms with Gasteiger partial charge in [0.05, 0.1) is 12.1 Å². The number of fused-ring (bicyclic) bond motifs is 1. The van der Waals surface area contributed by atoms with E-state index >= 15 is 0 Å². The Morgan fingerprint density at radius 2 is 2.21 bits per heavy atom. The number of piperazine rings is 1. The summed E-state index contributed by atoms with van der Waals surface area (Å²) in [5, 5.41) is 5.66. The standard InChI is InChI=1S/C14H14N2O2S/c1-9-6-16(7-13(17)15-9)14(18)11-8-19-12-5-3-2-4-10(11)12/h2-5,8-9H,6-7H2,1H3,(H,15,17)/t9-/m0/s1. The maximum Gasteiger partial charge on any atom is 0.255 e. The van der Waals surface area contributed by atoms with Gasteiger partial charge < -0.3 is 10.2 Å². The number of carbonyl (C=O) groups excluding carboxylic acids is 2. The molecule has 2 heterocycles. The number of nitrogens with zero attached hydrogens (tertiary/aromatic N) is 1. The average molecular weight is 274 g/mol. The van der Waals surface area contributed by atoms with Crippen LogP contribution in [0, 0.1) is 0 Å². The minimum atomic E-state index is -0.0911. The number of nitrogens with one attached hydrogen (secondary N) is 1. The van der Waals surface area contributed by atoms with Gasteiger partial charge in [0.2, 0.25) is 5.91 Å². The second-order valence-corrected chi connectivity index (χ2v) is 5.71. The van der Waals surface area contributed by atoms with E-state index in [-0.39, 0.29) is 24.4 Å². The topological polar surface area (TPSA) is 49.4 Å². The Morgan fingerprint density at radius 3 is 3.00 bits per heavy atom. The molecule has 0 unspecified atom stereocenters. The molecule has 1 aliphatic rings. The largest absolute Gasteiger partial charge is 0.350 e. The normalized spacial score (nSPS) is 19.5. The molecule has 1 aromatic heterocycles. The predicted octanol–water partition coefficient (Wildman–Crippen LogP) is 1.86. The number of carbonyl (C=O) groups is 2. The Bertz CT molecular complexity index is 650. The molecule has 0 spiro atoms. The highest BCUT2D eigenvalue weighted by molar-refractivity contribution is 7.17. The lowest BCUT2D eigenvalue weighted by Gasteiger charge is -2.31. The van der Waals surface area contributed by atoms with E-state index < -0.39 is 0 Å². The van der Waals surface area contributed by atoms with Crippen LogP contribution in [0.25, 0.3) is 10.1 Å². The summed E-state index contributed by atoms with van der Waals surface area (Å²) in [6.45, 7) is 2.62. The van der Waals surface area contributed by atoms with Crippen LogP contribution in [-0.2, 0) is 4.79 Å². The molecule has 0 radical (unpaired) electrons. The second-order valence-electron chi connectivity index (χ2n) is 4.80. The van der Waals surface area contributed by atoms with Crippen LogP contribution in [0.4, 0.5) is 0 Å². The first-order valence-corrected chi connectivity index (χ1v) is 7.08. The van der Waals surface area contributed by atoms with E-state index in [0.29, 0.717) is 12.1 Å². The number of amides is 2. The van der Waals surface area contributed by atoms with Crippen LogP contribution in [0.15, 0.2) is 29.6 Å². The second kappa shape index (κ2) is 4.66. The van der Waals surface area contributed by atoms with Gasteiger partial charge in [-0.3, -0.25) is 9.59 Å². The zero-order valence-corrected chi connectivity index (χ0v) is 11.4. The number of benzene rings is 1. The van der Waals surface area contributed by atoms with Crippen LogP contribution in [0.5, 0.6) is 0 Å². The Morgan fingerprint density at radius 1 is 1.42 bits per heavy atom. The van der Waals surface area contributed by atoms with Crippen LogP contribution in [0.3, 0.4) is 0 Å². The summed E-state index contributed by atoms with van der Waals surface area (Å²) in [6, 6.07) is 7.85. The summed E-state index contributed by atoms with van der Waals surface area (Å²) < 4.78 is 1.10. The fourth-order valence-electron chi connectivity index (χ4n) is 2.40. The molecule has 1 fully saturated rings. The predicted molar refractivity (Wildman–Crippen MR) is 75.3 cm³/mol. The lowest BCUT2D eigenvalue weighted by atomic mass is 10.1. The molecule has 1 N–H and O–H groups in total. The molecule has 98 valence electrons. The summed E-state index contributed by atoms with van der Waals surface area (Å²) in [5.74, 6) is -0.147. The Balaban J connectivity index is 1.93. The quantitative estimate of drug-likeness (QED) is 0.863. The van der Waals surface area contributed by atoms with Crippen molar-refractivity contribution in [2.45, 2.75) is 13.0 Å². The van der Waals surface area contributed by atoms with Gasteiger partial charge in [-0.2, -0.15) is 0 Å². The smallest absolute Gasteiger partial charge is 0.255 e. The van der Waals surface area contributed by atoms with Gasteiger partial charge >= 0.3 is 0 Å². The molecule has 5 heteroatoms. The molecule has 0 saturated carbocycles. The molecule has 2 aromatic rings. The number of hydrogen-bond donors (Lipinski definition) is 1. The molecular weight excluding hydrogens is 260 g/mol. The van der Waals surface area contributed by atoms with Crippen LogP contribution in [0.1, 0.15) is 17.3 Å². The third-order valence-corrected chi connectivity index (χ3v) is 4.20. The molecular formula is C14H14N2O2S. The molecule has 1 atom stereocenters. The summed E-state index contributed by atoms with van der Waals surface area (Å²) in [6.07, 6.45) is 0. The SMILES string of the molecule is C[C@H]1CN(C(=O)c2csc3ccccc23)CC(=O)N1. The third kappa shape index (κ3) is 2.21. The fraction of sp³-hybridized carbons (Fsp3) is 0.286. The lowest BCUT2D eigenvalue weighted by Crippen LogP contribution is -2.54. The van der Waals surface area contributed by atoms with Crippen molar-refractivity contribution in [3.8, 4) is 0 Å². The molecule has 2 amide bonds. The van der Waals surface area contributed by atoms with E-state index in [9.17, 15) is 9.59 Å². The van der Waals surface area contributed by atoms with Crippen molar-refractivity contribution in [2.75, 3.05) is 13.1 Å². The lowest BCUT2D eigenvalue weighted by molar-refractivity contribution is -0.124. The van der Waals surface area contributed by atoms with E-state index in [2.05, 4.69) is 5.32 Å². The first kappa shape index (κ1) is 12.2. The molecule has 3 rings (SSSR count). The van der Waals surface area contributed by atoms with E-state index in [4.69, 9.17) is 0 Å². The summed E-state index contributed by atoms with van der Waals surface area (Å²) in [7, 11) is 0. The zero-order chi connectivity index (χ0) is 13.4. The van der Waals surface area contributed by atoms with E-state index in [1.165, 1.54) is 0 Å². The fourth-order valence-corrected chi connectivity index (χ4v) is 3.34. The van der Waals surface area contributed by atoms with Crippen molar-refractivity contribution in [2.24, 2.45) is 0 Å². The molecule has 0 bridgehead atoms. The van der Waals surface area contributed by atoms with Gasteiger partial charge in [-0.15, -0.1) is 11.3 Å². The van der Waals surface area contributed by atoms with Crippen LogP contribution >= 0.6 is 11.3 Å². The Labute approximate surface area is 115 Å². The molecule has 4 nitrogen and oxygen atoms in total. The third-order valence-electron chi connectivity index (χ3n) is 3.23. The van der Waals surface area contributed by atoms with E-state index in [1.807, 2.05) is 36.6 Å². The van der Waals surface area contributed by atoms with E-state index in [1.54, 1.807) is 16.2 Å². The van der Waals surface area contributed by atoms with Crippen LogP contribution < -0.4 is 5.32 Å². The first-order chi connectivity index (χ1) is 9.15. The minimum Gasteiger partial charge on any atom is -0.350 e. The number of rotatable bonds is 1. The highest BCUT2D eigenvalue weighted by Crippen LogP contribution is 2.26. The van der Waals surface area contributed by atoms with Crippen LogP contribution in [0.2, 0.25) is 0 Å². The highest BCUT2D eigenvalue weighted by atomic mass is 32.1. The van der Waals surface area contributed by atoms with Crippen molar-refractivity contribution in [3.05, 3.63) is 35.2 Å². The van der Waals surface area contributed by atoms with Gasteiger partial charge in [0.25, 0.3) is 5.91 Å². The van der Waals surface area contributed by atoms with Crippen molar-refractivity contribution in [1.82, 2.24) is 10.2 Å². The number of hydrogen-bond acceptors (Lipinski definition) is 3. The Kier molecular flexibility index (Phi) is 2.98. The van der Waals surface area contributed by atoms with Gasteiger partial charge in [0.15, 0.2) is 0 Å². The van der Waals surface area contributed by atoms with Crippen molar-refractivity contribution < 1.29 is 9.59 Å². The zero-order valence-electron chi connectivity index (χ0n) is 10.6. The van der Waals surface area contributed by atoms with Crippen molar-refractivity contribution in [3.63, 3.8) is 0 Å². The molecule has 1 saturated heterocycles. The van der Waals surface area contributed by atoms with E-state index in [0.717, 1.165) is 10.1 Å². The molecule has 1 aromatic carbocycles. The van der Waals surface area contributed by atoms with Gasteiger partial charge in [-0.05, 0) is 13.0 Å². The average Bonchev–Trinajstić information content (AvgIpc) is 2.80. The van der Waals surface area contributed by atoms with Gasteiger partial charge in [-0.25, -0.2) is 0 Å². The first-order valence-electron chi connectivity index (χ1n) is 6.20. The molecule has 19 heavy (non-hydrogen) atoms. The van der Waals surface area contributed by atoms with Gasteiger partial charge in [0, 0.05) is 28.1 Å². The van der Waals surface area contributed by atoms with Crippen LogP contribution in [-0.4, -0.2) is 35.8 Å². The summed E-state index contributed by atoms with van der Waals surface area (Å²) in [4.78, 5) is 25.7. The summed E-state index contributed by atoms with van der Waals surface area (Å²) in [5.41, 5.74) is 0.697. The minimum absolute atomic E-state index is 0.00935. The van der Waals surface area contributed by atoms with Gasteiger partial charge in [-0.1, -0.05) is 18.2 Å². The maximum absolute atomic E-state index is 12.5. The van der Waals surface area contributed by atoms with Crippen molar-refractivity contribution in [1.29, 1.82) is 0 Å². The monoisotopic (exact) mass is 274 g/mol. The van der Waals surface area contributed by atoms with Gasteiger partial charge in [0.1, 0.15) is 0 Å². The number of thiophene rings is 1. The molecule has 1 aliphatic heterocycles. The summed E-state index contributed by atoms with van der Waals surface area (Å²) >= 11 is 1.56. The highest BCUT2D eigenvalue weighted by Gasteiger charge is 2.27. The molecule has 0 aliphatic carbocycles. The van der Waals surface area contributed by atoms with Crippen molar-refractivity contribution >= 4 is 33.2 Å².